The van der Waals surface area contributed by atoms with E-state index in [9.17, 15) is 15.0 Å². The Labute approximate surface area is 106 Å². The van der Waals surface area contributed by atoms with E-state index in [1.165, 1.54) is 7.11 Å². The van der Waals surface area contributed by atoms with Gasteiger partial charge < -0.3 is 19.8 Å². The van der Waals surface area contributed by atoms with Crippen molar-refractivity contribution in [2.45, 2.75) is 18.9 Å². The number of likely N-dealkylation sites (tertiary alicyclic amines) is 1. The highest BCUT2D eigenvalue weighted by atomic mass is 16.5. The molecule has 0 aliphatic carbocycles. The van der Waals surface area contributed by atoms with Gasteiger partial charge in [0.05, 0.1) is 18.8 Å². The summed E-state index contributed by atoms with van der Waals surface area (Å²) in [5.41, 5.74) is 0.241. The Bertz CT molecular complexity index is 439. The molecule has 18 heavy (non-hydrogen) atoms. The van der Waals surface area contributed by atoms with E-state index in [-0.39, 0.29) is 29.1 Å². The summed E-state index contributed by atoms with van der Waals surface area (Å²) in [7, 11) is 1.45. The number of aromatic hydroxyl groups is 1. The SMILES string of the molecule is COc1cccc(C(=O)N2CCC(O)CC2)c1O. The summed E-state index contributed by atoms with van der Waals surface area (Å²) in [4.78, 5) is 13.9. The fraction of sp³-hybridized carbons (Fsp3) is 0.462. The number of para-hydroxylation sites is 1. The number of aliphatic hydroxyl groups is 1. The normalized spacial score (nSPS) is 16.7. The maximum atomic E-state index is 12.2. The van der Waals surface area contributed by atoms with Crippen LogP contribution in [0.25, 0.3) is 0 Å². The minimum atomic E-state index is -0.326. The molecule has 1 aliphatic rings. The fourth-order valence-electron chi connectivity index (χ4n) is 2.10. The Morgan fingerprint density at radius 1 is 1.39 bits per heavy atom. The number of hydrogen-bond donors (Lipinski definition) is 2. The van der Waals surface area contributed by atoms with Crippen LogP contribution >= 0.6 is 0 Å². The zero-order valence-electron chi connectivity index (χ0n) is 10.3. The molecule has 1 aliphatic heterocycles. The molecule has 0 unspecified atom stereocenters. The fourth-order valence-corrected chi connectivity index (χ4v) is 2.10. The van der Waals surface area contributed by atoms with Crippen molar-refractivity contribution >= 4 is 5.91 Å². The number of aliphatic hydroxyl groups excluding tert-OH is 1. The van der Waals surface area contributed by atoms with Gasteiger partial charge in [-0.25, -0.2) is 0 Å². The number of nitrogens with zero attached hydrogens (tertiary/aromatic N) is 1. The molecule has 0 aromatic heterocycles. The summed E-state index contributed by atoms with van der Waals surface area (Å²) in [6.07, 6.45) is 0.834. The van der Waals surface area contributed by atoms with Crippen LogP contribution in [0, 0.1) is 0 Å². The number of carbonyl (C=O) groups excluding carboxylic acids is 1. The van der Waals surface area contributed by atoms with Gasteiger partial charge in [0.1, 0.15) is 0 Å². The predicted octanol–water partition coefficient (Wildman–Crippen LogP) is 0.998. The molecule has 98 valence electrons. The topological polar surface area (TPSA) is 70.0 Å². The monoisotopic (exact) mass is 251 g/mol. The Kier molecular flexibility index (Phi) is 3.72. The number of ether oxygens (including phenoxy) is 1. The van der Waals surface area contributed by atoms with Crippen molar-refractivity contribution < 1.29 is 19.7 Å². The first-order valence-electron chi connectivity index (χ1n) is 5.96. The molecule has 1 amide bonds. The van der Waals surface area contributed by atoms with Crippen LogP contribution in [-0.4, -0.2) is 47.3 Å². The number of phenolic OH excluding ortho intramolecular Hbond substituents is 1. The Balaban J connectivity index is 2.18. The Hall–Kier alpha value is -1.75. The van der Waals surface area contributed by atoms with Gasteiger partial charge in [-0.1, -0.05) is 6.07 Å². The van der Waals surface area contributed by atoms with Gasteiger partial charge >= 0.3 is 0 Å². The molecular weight excluding hydrogens is 234 g/mol. The lowest BCUT2D eigenvalue weighted by Gasteiger charge is -2.29. The van der Waals surface area contributed by atoms with Crippen molar-refractivity contribution in [3.05, 3.63) is 23.8 Å². The second kappa shape index (κ2) is 5.27. The number of amides is 1. The van der Waals surface area contributed by atoms with E-state index in [0.29, 0.717) is 25.9 Å². The van der Waals surface area contributed by atoms with Gasteiger partial charge in [0.25, 0.3) is 5.91 Å². The number of phenols is 1. The summed E-state index contributed by atoms with van der Waals surface area (Å²) in [5, 5.41) is 19.3. The zero-order valence-corrected chi connectivity index (χ0v) is 10.3. The lowest BCUT2D eigenvalue weighted by Crippen LogP contribution is -2.40. The highest BCUT2D eigenvalue weighted by molar-refractivity contribution is 5.97. The molecule has 1 fully saturated rings. The molecule has 1 heterocycles. The molecule has 5 heteroatoms. The molecule has 2 N–H and O–H groups in total. The summed E-state index contributed by atoms with van der Waals surface area (Å²) >= 11 is 0. The molecular formula is C13H17NO4. The number of benzene rings is 1. The molecule has 0 radical (unpaired) electrons. The molecule has 2 rings (SSSR count). The van der Waals surface area contributed by atoms with E-state index in [0.717, 1.165) is 0 Å². The first-order valence-corrected chi connectivity index (χ1v) is 5.96. The molecule has 0 saturated carbocycles. The zero-order chi connectivity index (χ0) is 13.1. The summed E-state index contributed by atoms with van der Waals surface area (Å²) < 4.78 is 4.98. The van der Waals surface area contributed by atoms with E-state index in [1.54, 1.807) is 23.1 Å². The molecule has 0 spiro atoms. The third-order valence-corrected chi connectivity index (χ3v) is 3.20. The van der Waals surface area contributed by atoms with Crippen LogP contribution in [0.4, 0.5) is 0 Å². The van der Waals surface area contributed by atoms with Crippen molar-refractivity contribution in [2.24, 2.45) is 0 Å². The molecule has 1 saturated heterocycles. The summed E-state index contributed by atoms with van der Waals surface area (Å²) in [6, 6.07) is 4.85. The lowest BCUT2D eigenvalue weighted by atomic mass is 10.1. The van der Waals surface area contributed by atoms with E-state index in [4.69, 9.17) is 4.74 Å². The van der Waals surface area contributed by atoms with Gasteiger partial charge in [0.15, 0.2) is 11.5 Å². The van der Waals surface area contributed by atoms with Crippen molar-refractivity contribution in [2.75, 3.05) is 20.2 Å². The van der Waals surface area contributed by atoms with Gasteiger partial charge in [0, 0.05) is 13.1 Å². The van der Waals surface area contributed by atoms with Crippen molar-refractivity contribution in [1.82, 2.24) is 4.90 Å². The van der Waals surface area contributed by atoms with E-state index < -0.39 is 0 Å². The molecule has 0 bridgehead atoms. The Morgan fingerprint density at radius 3 is 2.67 bits per heavy atom. The number of hydrogen-bond acceptors (Lipinski definition) is 4. The van der Waals surface area contributed by atoms with E-state index >= 15 is 0 Å². The summed E-state index contributed by atoms with van der Waals surface area (Å²) in [6.45, 7) is 1.02. The minimum absolute atomic E-state index is 0.129. The van der Waals surface area contributed by atoms with Crippen LogP contribution in [0.2, 0.25) is 0 Å². The minimum Gasteiger partial charge on any atom is -0.504 e. The van der Waals surface area contributed by atoms with Gasteiger partial charge in [-0.3, -0.25) is 4.79 Å². The van der Waals surface area contributed by atoms with Crippen LogP contribution in [0.3, 0.4) is 0 Å². The number of carbonyl (C=O) groups is 1. The quantitative estimate of drug-likeness (QED) is 0.822. The van der Waals surface area contributed by atoms with Gasteiger partial charge in [-0.2, -0.15) is 0 Å². The maximum Gasteiger partial charge on any atom is 0.257 e. The van der Waals surface area contributed by atoms with Gasteiger partial charge in [-0.15, -0.1) is 0 Å². The Morgan fingerprint density at radius 2 is 2.06 bits per heavy atom. The highest BCUT2D eigenvalue weighted by Gasteiger charge is 2.24. The van der Waals surface area contributed by atoms with Crippen molar-refractivity contribution in [3.63, 3.8) is 0 Å². The standard InChI is InChI=1S/C13H17NO4/c1-18-11-4-2-3-10(12(11)16)13(17)14-7-5-9(15)6-8-14/h2-4,9,15-16H,5-8H2,1H3. The smallest absolute Gasteiger partial charge is 0.257 e. The molecule has 1 aromatic carbocycles. The van der Waals surface area contributed by atoms with Crippen LogP contribution < -0.4 is 4.74 Å². The van der Waals surface area contributed by atoms with Gasteiger partial charge in [-0.05, 0) is 25.0 Å². The van der Waals surface area contributed by atoms with Crippen LogP contribution in [0.15, 0.2) is 18.2 Å². The van der Waals surface area contributed by atoms with Crippen molar-refractivity contribution in [3.8, 4) is 11.5 Å². The third-order valence-electron chi connectivity index (χ3n) is 3.20. The molecule has 1 aromatic rings. The van der Waals surface area contributed by atoms with E-state index in [1.807, 2.05) is 0 Å². The number of piperidine rings is 1. The molecule has 5 nitrogen and oxygen atoms in total. The highest BCUT2D eigenvalue weighted by Crippen LogP contribution is 2.30. The number of methoxy groups -OCH3 is 1. The first kappa shape index (κ1) is 12.7. The lowest BCUT2D eigenvalue weighted by molar-refractivity contribution is 0.0543. The summed E-state index contributed by atoms with van der Waals surface area (Å²) in [5.74, 6) is -0.0627. The number of rotatable bonds is 2. The third kappa shape index (κ3) is 2.41. The van der Waals surface area contributed by atoms with Crippen LogP contribution in [-0.2, 0) is 0 Å². The second-order valence-corrected chi connectivity index (χ2v) is 4.38. The largest absolute Gasteiger partial charge is 0.504 e. The van der Waals surface area contributed by atoms with E-state index in [2.05, 4.69) is 0 Å². The maximum absolute atomic E-state index is 12.2. The van der Waals surface area contributed by atoms with Crippen LogP contribution in [0.5, 0.6) is 11.5 Å². The molecule has 0 atom stereocenters. The average molecular weight is 251 g/mol. The van der Waals surface area contributed by atoms with Crippen molar-refractivity contribution in [1.29, 1.82) is 0 Å². The first-order chi connectivity index (χ1) is 8.63. The van der Waals surface area contributed by atoms with Gasteiger partial charge in [0.2, 0.25) is 0 Å². The average Bonchev–Trinajstić information content (AvgIpc) is 2.39. The second-order valence-electron chi connectivity index (χ2n) is 4.38. The van der Waals surface area contributed by atoms with Crippen LogP contribution in [0.1, 0.15) is 23.2 Å². The predicted molar refractivity (Wildman–Crippen MR) is 65.8 cm³/mol.